The van der Waals surface area contributed by atoms with Crippen molar-refractivity contribution in [3.63, 3.8) is 0 Å². The molecule has 0 saturated carbocycles. The van der Waals surface area contributed by atoms with Gasteiger partial charge >= 0.3 is 7.82 Å². The zero-order valence-corrected chi connectivity index (χ0v) is 37.9. The molecule has 7 nitrogen and oxygen atoms in total. The summed E-state index contributed by atoms with van der Waals surface area (Å²) >= 11 is 0. The molecule has 53 heavy (non-hydrogen) atoms. The fourth-order valence-electron chi connectivity index (χ4n) is 6.42. The first-order valence-corrected chi connectivity index (χ1v) is 24.6. The molecule has 0 rings (SSSR count). The summed E-state index contributed by atoms with van der Waals surface area (Å²) in [5.41, 5.74) is 0. The Morgan fingerprint density at radius 2 is 0.717 bits per heavy atom. The van der Waals surface area contributed by atoms with Gasteiger partial charge in [0.1, 0.15) is 13.2 Å². The molecule has 0 heterocycles. The first-order chi connectivity index (χ1) is 25.7. The van der Waals surface area contributed by atoms with Crippen LogP contribution in [0.4, 0.5) is 0 Å². The van der Waals surface area contributed by atoms with E-state index in [1.165, 1.54) is 200 Å². The Labute approximate surface area is 333 Å². The van der Waals surface area contributed by atoms with Crippen molar-refractivity contribution in [2.75, 3.05) is 67.8 Å². The van der Waals surface area contributed by atoms with Gasteiger partial charge in [-0.25, -0.2) is 4.57 Å². The van der Waals surface area contributed by atoms with Crippen molar-refractivity contribution in [3.8, 4) is 0 Å². The normalized spacial score (nSPS) is 12.9. The molecule has 0 aromatic heterocycles. The summed E-state index contributed by atoms with van der Waals surface area (Å²) in [5.74, 6) is 0. The van der Waals surface area contributed by atoms with Crippen LogP contribution in [0.15, 0.2) is 0 Å². The summed E-state index contributed by atoms with van der Waals surface area (Å²) in [4.78, 5) is 0. The van der Waals surface area contributed by atoms with E-state index in [0.29, 0.717) is 32.8 Å². The minimum Gasteiger partial charge on any atom is -0.396 e. The molecule has 0 aliphatic carbocycles. The fraction of sp³-hybridized carbons (Fsp3) is 1.00. The second kappa shape index (κ2) is 44.7. The number of rotatable bonds is 43. The van der Waals surface area contributed by atoms with Gasteiger partial charge in [0.2, 0.25) is 0 Å². The van der Waals surface area contributed by atoms with Gasteiger partial charge in [-0.1, -0.05) is 206 Å². The van der Waals surface area contributed by atoms with Crippen molar-refractivity contribution in [1.29, 1.82) is 0 Å². The molecule has 0 aliphatic heterocycles. The van der Waals surface area contributed by atoms with Crippen LogP contribution in [0, 0.1) is 0 Å². The van der Waals surface area contributed by atoms with Crippen LogP contribution in [-0.2, 0) is 22.9 Å². The number of hydrogen-bond donors (Lipinski definition) is 1. The molecule has 0 aromatic carbocycles. The van der Waals surface area contributed by atoms with Crippen molar-refractivity contribution < 1.29 is 32.5 Å². The Kier molecular flexibility index (Phi) is 46.5. The van der Waals surface area contributed by atoms with Gasteiger partial charge in [0.05, 0.1) is 27.7 Å². The SMILES string of the molecule is CCCCCCCCCCCCCCCCCCO.CCCCCCCCCCCCCCCCCCOCCCOP(=O)(OC)OCC[N+](C)(C)C. The van der Waals surface area contributed by atoms with Crippen molar-refractivity contribution in [3.05, 3.63) is 0 Å². The van der Waals surface area contributed by atoms with Crippen molar-refractivity contribution >= 4 is 7.82 Å². The zero-order chi connectivity index (χ0) is 39.4. The molecule has 1 N–H and O–H groups in total. The summed E-state index contributed by atoms with van der Waals surface area (Å²) in [7, 11) is 4.08. The molecule has 0 spiro atoms. The quantitative estimate of drug-likeness (QED) is 0.0377. The Morgan fingerprint density at radius 1 is 0.415 bits per heavy atom. The molecule has 0 saturated heterocycles. The Hall–Kier alpha value is -0.0100. The van der Waals surface area contributed by atoms with Gasteiger partial charge < -0.3 is 14.3 Å². The average molecular weight is 779 g/mol. The van der Waals surface area contributed by atoms with E-state index in [-0.39, 0.29) is 0 Å². The number of phosphoric acid groups is 1. The molecule has 0 fully saturated rings. The summed E-state index contributed by atoms with van der Waals surface area (Å²) in [5, 5.41) is 8.67. The standard InChI is InChI=1S/C27H59NO5P.C18H38O/c1-6-7-8-9-10-11-12-13-14-15-16-17-18-19-20-21-24-31-25-22-26-32-34(29,30-5)33-27-23-28(2,3)4;1-2-3-4-5-6-7-8-9-10-11-12-13-14-15-16-17-18-19/h6-27H2,1-5H3;19H,2-18H2,1H3/q+1;. The number of nitrogens with zero attached hydrogens (tertiary/aromatic N) is 1. The van der Waals surface area contributed by atoms with E-state index in [1.54, 1.807) is 0 Å². The van der Waals surface area contributed by atoms with Gasteiger partial charge in [0.25, 0.3) is 0 Å². The van der Waals surface area contributed by atoms with Crippen LogP contribution < -0.4 is 0 Å². The highest BCUT2D eigenvalue weighted by Gasteiger charge is 2.25. The molecule has 0 aliphatic rings. The van der Waals surface area contributed by atoms with Crippen LogP contribution in [0.2, 0.25) is 0 Å². The van der Waals surface area contributed by atoms with Crippen molar-refractivity contribution in [2.24, 2.45) is 0 Å². The minimum atomic E-state index is -3.45. The minimum absolute atomic E-state index is 0.314. The molecule has 8 heteroatoms. The Bertz CT molecular complexity index is 704. The van der Waals surface area contributed by atoms with Crippen LogP contribution in [-0.4, -0.2) is 77.4 Å². The molecule has 1 atom stereocenters. The van der Waals surface area contributed by atoms with Crippen LogP contribution in [0.25, 0.3) is 0 Å². The summed E-state index contributed by atoms with van der Waals surface area (Å²) in [6.45, 7) is 7.73. The number of hydrogen-bond acceptors (Lipinski definition) is 6. The van der Waals surface area contributed by atoms with E-state index in [0.717, 1.165) is 30.5 Å². The van der Waals surface area contributed by atoms with Crippen molar-refractivity contribution in [2.45, 2.75) is 226 Å². The van der Waals surface area contributed by atoms with E-state index in [4.69, 9.17) is 23.4 Å². The Morgan fingerprint density at radius 3 is 1.04 bits per heavy atom. The predicted octanol–water partition coefficient (Wildman–Crippen LogP) is 14.4. The first kappa shape index (κ1) is 55.1. The van der Waals surface area contributed by atoms with Gasteiger partial charge in [-0.05, 0) is 19.3 Å². The maximum Gasteiger partial charge on any atom is 0.474 e. The van der Waals surface area contributed by atoms with Gasteiger partial charge in [0, 0.05) is 26.9 Å². The van der Waals surface area contributed by atoms with Crippen LogP contribution in [0.1, 0.15) is 226 Å². The topological polar surface area (TPSA) is 74.2 Å². The summed E-state index contributed by atoms with van der Waals surface area (Å²) < 4.78 is 34.4. The number of quaternary nitrogens is 1. The number of aliphatic hydroxyl groups excluding tert-OH is 1. The number of phosphoric ester groups is 1. The van der Waals surface area contributed by atoms with E-state index in [9.17, 15) is 4.57 Å². The van der Waals surface area contributed by atoms with E-state index in [2.05, 4.69) is 35.0 Å². The third-order valence-electron chi connectivity index (χ3n) is 10.1. The number of aliphatic hydroxyl groups is 1. The zero-order valence-electron chi connectivity index (χ0n) is 37.0. The maximum atomic E-state index is 12.4. The highest BCUT2D eigenvalue weighted by Crippen LogP contribution is 2.48. The van der Waals surface area contributed by atoms with Crippen LogP contribution in [0.5, 0.6) is 0 Å². The third kappa shape index (κ3) is 50.0. The van der Waals surface area contributed by atoms with Crippen LogP contribution >= 0.6 is 7.82 Å². The number of unbranched alkanes of at least 4 members (excludes halogenated alkanes) is 30. The van der Waals surface area contributed by atoms with Crippen molar-refractivity contribution in [1.82, 2.24) is 0 Å². The Balaban J connectivity index is 0. The summed E-state index contributed by atoms with van der Waals surface area (Å²) in [6.07, 6.45) is 44.9. The fourth-order valence-corrected chi connectivity index (χ4v) is 7.36. The van der Waals surface area contributed by atoms with Gasteiger partial charge in [-0.3, -0.25) is 13.6 Å². The second-order valence-corrected chi connectivity index (χ2v) is 18.4. The van der Waals surface area contributed by atoms with Gasteiger partial charge in [-0.15, -0.1) is 0 Å². The molecular formula is C45H97NO6P+. The number of ether oxygens (including phenoxy) is 1. The molecule has 0 radical (unpaired) electrons. The lowest BCUT2D eigenvalue weighted by Crippen LogP contribution is -2.37. The van der Waals surface area contributed by atoms with Crippen LogP contribution in [0.3, 0.4) is 0 Å². The molecule has 0 aromatic rings. The molecule has 1 unspecified atom stereocenters. The lowest BCUT2D eigenvalue weighted by atomic mass is 10.0. The highest BCUT2D eigenvalue weighted by molar-refractivity contribution is 7.48. The largest absolute Gasteiger partial charge is 0.474 e. The third-order valence-corrected chi connectivity index (χ3v) is 11.5. The van der Waals surface area contributed by atoms with Gasteiger partial charge in [-0.2, -0.15) is 0 Å². The molecule has 0 bridgehead atoms. The van der Waals surface area contributed by atoms with E-state index < -0.39 is 7.82 Å². The predicted molar refractivity (Wildman–Crippen MR) is 231 cm³/mol. The lowest BCUT2D eigenvalue weighted by molar-refractivity contribution is -0.870. The van der Waals surface area contributed by atoms with E-state index >= 15 is 0 Å². The monoisotopic (exact) mass is 779 g/mol. The maximum absolute atomic E-state index is 12.4. The average Bonchev–Trinajstić information content (AvgIpc) is 3.13. The highest BCUT2D eigenvalue weighted by atomic mass is 31.2. The first-order valence-electron chi connectivity index (χ1n) is 23.2. The smallest absolute Gasteiger partial charge is 0.396 e. The molecule has 0 amide bonds. The lowest BCUT2D eigenvalue weighted by Gasteiger charge is -2.24. The van der Waals surface area contributed by atoms with E-state index in [1.807, 2.05) is 0 Å². The molecular weight excluding hydrogens is 681 g/mol. The summed E-state index contributed by atoms with van der Waals surface area (Å²) in [6, 6.07) is 0. The second-order valence-electron chi connectivity index (χ2n) is 16.6. The number of likely N-dealkylation sites (N-methyl/N-ethyl adjacent to an activating group) is 1. The molecule has 322 valence electrons. The van der Waals surface area contributed by atoms with Gasteiger partial charge in [0.15, 0.2) is 0 Å².